The molecule has 2 aliphatic carbocycles. The SMILES string of the molecule is O=C(O)CC1(NC(=O)NCCC2CCCC2)CCCC1. The predicted molar refractivity (Wildman–Crippen MR) is 76.6 cm³/mol. The van der Waals surface area contributed by atoms with E-state index in [1.165, 1.54) is 25.7 Å². The Morgan fingerprint density at radius 3 is 2.35 bits per heavy atom. The second-order valence-electron chi connectivity index (χ2n) is 6.38. The van der Waals surface area contributed by atoms with Crippen LogP contribution in [0.4, 0.5) is 4.79 Å². The van der Waals surface area contributed by atoms with Crippen LogP contribution in [0.15, 0.2) is 0 Å². The van der Waals surface area contributed by atoms with Crippen LogP contribution in [-0.4, -0.2) is 29.2 Å². The number of carboxylic acids is 1. The van der Waals surface area contributed by atoms with Gasteiger partial charge in [-0.15, -0.1) is 0 Å². The van der Waals surface area contributed by atoms with E-state index in [0.717, 1.165) is 38.0 Å². The highest BCUT2D eigenvalue weighted by atomic mass is 16.4. The molecule has 0 atom stereocenters. The minimum absolute atomic E-state index is 0.0308. The van der Waals surface area contributed by atoms with E-state index in [-0.39, 0.29) is 12.5 Å². The lowest BCUT2D eigenvalue weighted by atomic mass is 9.93. The highest BCUT2D eigenvalue weighted by Crippen LogP contribution is 2.32. The standard InChI is InChI=1S/C15H26N2O3/c18-13(19)11-15(8-3-4-9-15)17-14(20)16-10-7-12-5-1-2-6-12/h12H,1-11H2,(H,18,19)(H2,16,17,20). The van der Waals surface area contributed by atoms with E-state index >= 15 is 0 Å². The Balaban J connectivity index is 1.72. The Morgan fingerprint density at radius 2 is 1.75 bits per heavy atom. The summed E-state index contributed by atoms with van der Waals surface area (Å²) >= 11 is 0. The zero-order valence-corrected chi connectivity index (χ0v) is 12.1. The fourth-order valence-corrected chi connectivity index (χ4v) is 3.66. The molecule has 114 valence electrons. The molecule has 0 spiro atoms. The van der Waals surface area contributed by atoms with Gasteiger partial charge in [-0.05, 0) is 25.2 Å². The zero-order valence-electron chi connectivity index (χ0n) is 12.1. The fraction of sp³-hybridized carbons (Fsp3) is 0.867. The molecule has 2 amide bonds. The molecule has 0 radical (unpaired) electrons. The van der Waals surface area contributed by atoms with Crippen LogP contribution in [0, 0.1) is 5.92 Å². The van der Waals surface area contributed by atoms with Crippen molar-refractivity contribution in [1.82, 2.24) is 10.6 Å². The number of amides is 2. The van der Waals surface area contributed by atoms with Gasteiger partial charge in [-0.3, -0.25) is 4.79 Å². The van der Waals surface area contributed by atoms with Crippen LogP contribution >= 0.6 is 0 Å². The number of aliphatic carboxylic acids is 1. The second-order valence-corrected chi connectivity index (χ2v) is 6.38. The van der Waals surface area contributed by atoms with Gasteiger partial charge in [-0.25, -0.2) is 4.79 Å². The second kappa shape index (κ2) is 6.95. The zero-order chi connectivity index (χ0) is 14.4. The Bertz CT molecular complexity index is 345. The molecule has 5 heteroatoms. The summed E-state index contributed by atoms with van der Waals surface area (Å²) in [7, 11) is 0. The van der Waals surface area contributed by atoms with Gasteiger partial charge in [0.15, 0.2) is 0 Å². The number of hydrogen-bond acceptors (Lipinski definition) is 2. The van der Waals surface area contributed by atoms with E-state index in [1.807, 2.05) is 0 Å². The molecule has 0 aromatic carbocycles. The van der Waals surface area contributed by atoms with Gasteiger partial charge >= 0.3 is 12.0 Å². The van der Waals surface area contributed by atoms with E-state index in [0.29, 0.717) is 6.54 Å². The van der Waals surface area contributed by atoms with Gasteiger partial charge in [0.1, 0.15) is 0 Å². The molecule has 0 aromatic rings. The molecule has 2 rings (SSSR count). The van der Waals surface area contributed by atoms with E-state index in [2.05, 4.69) is 10.6 Å². The predicted octanol–water partition coefficient (Wildman–Crippen LogP) is 2.65. The van der Waals surface area contributed by atoms with Crippen LogP contribution in [0.5, 0.6) is 0 Å². The van der Waals surface area contributed by atoms with Crippen molar-refractivity contribution in [3.8, 4) is 0 Å². The minimum Gasteiger partial charge on any atom is -0.481 e. The number of carboxylic acid groups (broad SMARTS) is 1. The van der Waals surface area contributed by atoms with E-state index < -0.39 is 11.5 Å². The third-order valence-electron chi connectivity index (χ3n) is 4.74. The first-order valence-electron chi connectivity index (χ1n) is 7.87. The number of carbonyl (C=O) groups excluding carboxylic acids is 1. The van der Waals surface area contributed by atoms with Crippen LogP contribution < -0.4 is 10.6 Å². The molecule has 2 saturated carbocycles. The quantitative estimate of drug-likeness (QED) is 0.700. The van der Waals surface area contributed by atoms with Crippen molar-refractivity contribution in [3.63, 3.8) is 0 Å². The van der Waals surface area contributed by atoms with Crippen LogP contribution in [0.2, 0.25) is 0 Å². The van der Waals surface area contributed by atoms with E-state index in [9.17, 15) is 9.59 Å². The smallest absolute Gasteiger partial charge is 0.315 e. The lowest BCUT2D eigenvalue weighted by Gasteiger charge is -2.28. The fourth-order valence-electron chi connectivity index (χ4n) is 3.66. The summed E-state index contributed by atoms with van der Waals surface area (Å²) in [6, 6.07) is -0.203. The van der Waals surface area contributed by atoms with Crippen molar-refractivity contribution in [1.29, 1.82) is 0 Å². The normalized spacial score (nSPS) is 21.8. The van der Waals surface area contributed by atoms with Crippen molar-refractivity contribution in [2.75, 3.05) is 6.54 Å². The first-order valence-corrected chi connectivity index (χ1v) is 7.87. The summed E-state index contributed by atoms with van der Waals surface area (Å²) in [4.78, 5) is 22.9. The summed E-state index contributed by atoms with van der Waals surface area (Å²) in [6.07, 6.45) is 9.81. The molecule has 0 bridgehead atoms. The van der Waals surface area contributed by atoms with Crippen molar-refractivity contribution in [3.05, 3.63) is 0 Å². The van der Waals surface area contributed by atoms with Crippen molar-refractivity contribution >= 4 is 12.0 Å². The molecule has 0 aromatic heterocycles. The summed E-state index contributed by atoms with van der Waals surface area (Å²) in [5.41, 5.74) is -0.525. The van der Waals surface area contributed by atoms with E-state index in [4.69, 9.17) is 5.11 Å². The Kier molecular flexibility index (Phi) is 5.26. The Morgan fingerprint density at radius 1 is 1.10 bits per heavy atom. The summed E-state index contributed by atoms with van der Waals surface area (Å²) in [5.74, 6) is -0.0760. The van der Waals surface area contributed by atoms with Crippen LogP contribution in [0.25, 0.3) is 0 Å². The van der Waals surface area contributed by atoms with Crippen molar-refractivity contribution < 1.29 is 14.7 Å². The first-order chi connectivity index (χ1) is 9.60. The topological polar surface area (TPSA) is 78.4 Å². The van der Waals surface area contributed by atoms with Crippen molar-refractivity contribution in [2.24, 2.45) is 5.92 Å². The lowest BCUT2D eigenvalue weighted by molar-refractivity contribution is -0.138. The van der Waals surface area contributed by atoms with Gasteiger partial charge in [0.05, 0.1) is 12.0 Å². The van der Waals surface area contributed by atoms with Crippen molar-refractivity contribution in [2.45, 2.75) is 69.7 Å². The number of hydrogen-bond donors (Lipinski definition) is 3. The third-order valence-corrected chi connectivity index (χ3v) is 4.74. The van der Waals surface area contributed by atoms with Gasteiger partial charge in [0, 0.05) is 6.54 Å². The number of urea groups is 1. The number of rotatable bonds is 6. The summed E-state index contributed by atoms with van der Waals surface area (Å²) in [6.45, 7) is 0.694. The molecular formula is C15H26N2O3. The minimum atomic E-state index is -0.835. The van der Waals surface area contributed by atoms with Crippen LogP contribution in [-0.2, 0) is 4.79 Å². The average Bonchev–Trinajstić information content (AvgIpc) is 3.00. The monoisotopic (exact) mass is 282 g/mol. The third kappa shape index (κ3) is 4.39. The summed E-state index contributed by atoms with van der Waals surface area (Å²) in [5, 5.41) is 14.8. The van der Waals surface area contributed by atoms with Gasteiger partial charge in [0.2, 0.25) is 0 Å². The molecule has 0 unspecified atom stereocenters. The Hall–Kier alpha value is -1.26. The maximum Gasteiger partial charge on any atom is 0.315 e. The summed E-state index contributed by atoms with van der Waals surface area (Å²) < 4.78 is 0. The maximum atomic E-state index is 11.9. The number of carbonyl (C=O) groups is 2. The largest absolute Gasteiger partial charge is 0.481 e. The maximum absolute atomic E-state index is 11.9. The molecule has 0 heterocycles. The van der Waals surface area contributed by atoms with Gasteiger partial charge in [-0.2, -0.15) is 0 Å². The molecule has 0 aliphatic heterocycles. The molecular weight excluding hydrogens is 256 g/mol. The molecule has 2 fully saturated rings. The highest BCUT2D eigenvalue weighted by molar-refractivity contribution is 5.76. The molecule has 20 heavy (non-hydrogen) atoms. The Labute approximate surface area is 120 Å². The molecule has 3 N–H and O–H groups in total. The van der Waals surface area contributed by atoms with Crippen LogP contribution in [0.1, 0.15) is 64.2 Å². The highest BCUT2D eigenvalue weighted by Gasteiger charge is 2.37. The van der Waals surface area contributed by atoms with Gasteiger partial charge in [0.25, 0.3) is 0 Å². The van der Waals surface area contributed by atoms with Gasteiger partial charge in [-0.1, -0.05) is 38.5 Å². The molecule has 2 aliphatic rings. The van der Waals surface area contributed by atoms with Gasteiger partial charge < -0.3 is 15.7 Å². The van der Waals surface area contributed by atoms with Crippen LogP contribution in [0.3, 0.4) is 0 Å². The molecule has 0 saturated heterocycles. The average molecular weight is 282 g/mol. The lowest BCUT2D eigenvalue weighted by Crippen LogP contribution is -2.51. The molecule has 5 nitrogen and oxygen atoms in total. The van der Waals surface area contributed by atoms with E-state index in [1.54, 1.807) is 0 Å². The number of nitrogens with one attached hydrogen (secondary N) is 2. The first kappa shape index (κ1) is 15.1.